The van der Waals surface area contributed by atoms with Gasteiger partial charge in [0.15, 0.2) is 0 Å². The average molecular weight is 415 g/mol. The summed E-state index contributed by atoms with van der Waals surface area (Å²) in [5.74, 6) is -1.77. The molecule has 0 aliphatic heterocycles. The molecule has 2 heterocycles. The SMILES string of the molecule is COC(=O)CCCCCNC(=O)CCc1c(C)nc2nc(C(F)(F)F)nn2c1C. The molecule has 0 saturated carbocycles. The van der Waals surface area contributed by atoms with Gasteiger partial charge in [-0.05, 0) is 38.7 Å². The molecular formula is C18H24F3N5O3. The molecule has 0 bridgehead atoms. The maximum atomic E-state index is 12.8. The lowest BCUT2D eigenvalue weighted by Gasteiger charge is -2.10. The number of unbranched alkanes of at least 4 members (excludes halogenated alkanes) is 2. The summed E-state index contributed by atoms with van der Waals surface area (Å²) in [6.07, 6.45) is -1.55. The van der Waals surface area contributed by atoms with E-state index in [1.54, 1.807) is 13.8 Å². The third-order valence-corrected chi connectivity index (χ3v) is 4.51. The van der Waals surface area contributed by atoms with E-state index in [2.05, 4.69) is 25.1 Å². The number of halogens is 3. The number of methoxy groups -OCH3 is 1. The van der Waals surface area contributed by atoms with Gasteiger partial charge < -0.3 is 10.1 Å². The van der Waals surface area contributed by atoms with E-state index < -0.39 is 12.0 Å². The summed E-state index contributed by atoms with van der Waals surface area (Å²) in [5, 5.41) is 6.29. The number of hydrogen-bond acceptors (Lipinski definition) is 6. The second-order valence-electron chi connectivity index (χ2n) is 6.64. The molecule has 29 heavy (non-hydrogen) atoms. The van der Waals surface area contributed by atoms with Crippen LogP contribution in [-0.2, 0) is 26.9 Å². The highest BCUT2D eigenvalue weighted by Gasteiger charge is 2.36. The topological polar surface area (TPSA) is 98.5 Å². The molecule has 1 N–H and O–H groups in total. The van der Waals surface area contributed by atoms with E-state index in [1.807, 2.05) is 0 Å². The van der Waals surface area contributed by atoms with Gasteiger partial charge in [-0.3, -0.25) is 9.59 Å². The van der Waals surface area contributed by atoms with Gasteiger partial charge >= 0.3 is 12.1 Å². The fourth-order valence-electron chi connectivity index (χ4n) is 2.92. The highest BCUT2D eigenvalue weighted by Crippen LogP contribution is 2.27. The maximum absolute atomic E-state index is 12.8. The van der Waals surface area contributed by atoms with Crippen LogP contribution in [0.3, 0.4) is 0 Å². The number of aromatic nitrogens is 4. The Morgan fingerprint density at radius 3 is 2.48 bits per heavy atom. The number of hydrogen-bond donors (Lipinski definition) is 1. The first kappa shape index (κ1) is 22.6. The molecule has 1 amide bonds. The Balaban J connectivity index is 1.88. The van der Waals surface area contributed by atoms with Gasteiger partial charge in [-0.25, -0.2) is 9.50 Å². The third kappa shape index (κ3) is 6.13. The van der Waals surface area contributed by atoms with E-state index in [4.69, 9.17) is 0 Å². The Labute approximate surface area is 165 Å². The van der Waals surface area contributed by atoms with Crippen molar-refractivity contribution in [3.05, 3.63) is 22.8 Å². The number of rotatable bonds is 9. The van der Waals surface area contributed by atoms with Crippen LogP contribution in [0.4, 0.5) is 13.2 Å². The number of aryl methyl sites for hydroxylation is 2. The van der Waals surface area contributed by atoms with Crippen molar-refractivity contribution in [2.24, 2.45) is 0 Å². The van der Waals surface area contributed by atoms with Crippen molar-refractivity contribution in [2.75, 3.05) is 13.7 Å². The van der Waals surface area contributed by atoms with E-state index in [-0.39, 0.29) is 24.1 Å². The molecule has 0 aromatic carbocycles. The van der Waals surface area contributed by atoms with Crippen molar-refractivity contribution in [3.63, 3.8) is 0 Å². The first-order chi connectivity index (χ1) is 13.6. The standard InChI is InChI=1S/C18H24F3N5O3/c1-11-13(8-9-14(27)22-10-6-4-5-7-15(28)29-3)12(2)26-17(23-11)24-16(25-26)18(19,20)21/h4-10H2,1-3H3,(H,22,27). The highest BCUT2D eigenvalue weighted by atomic mass is 19.4. The Bertz CT molecular complexity index is 880. The number of carbonyl (C=O) groups is 2. The van der Waals surface area contributed by atoms with E-state index in [0.29, 0.717) is 42.8 Å². The van der Waals surface area contributed by atoms with Gasteiger partial charge in [0.2, 0.25) is 5.91 Å². The van der Waals surface area contributed by atoms with Gasteiger partial charge in [0.25, 0.3) is 11.6 Å². The van der Waals surface area contributed by atoms with Gasteiger partial charge in [-0.2, -0.15) is 18.2 Å². The summed E-state index contributed by atoms with van der Waals surface area (Å²) < 4.78 is 44.1. The highest BCUT2D eigenvalue weighted by molar-refractivity contribution is 5.76. The van der Waals surface area contributed by atoms with Gasteiger partial charge in [0.1, 0.15) is 0 Å². The predicted octanol–water partition coefficient (Wildman–Crippen LogP) is 2.54. The third-order valence-electron chi connectivity index (χ3n) is 4.51. The van der Waals surface area contributed by atoms with Gasteiger partial charge in [-0.1, -0.05) is 6.42 Å². The van der Waals surface area contributed by atoms with Crippen LogP contribution in [0, 0.1) is 13.8 Å². The van der Waals surface area contributed by atoms with E-state index >= 15 is 0 Å². The van der Waals surface area contributed by atoms with Crippen LogP contribution in [0.15, 0.2) is 0 Å². The lowest BCUT2D eigenvalue weighted by molar-refractivity contribution is -0.144. The fraction of sp³-hybridized carbons (Fsp3) is 0.611. The summed E-state index contributed by atoms with van der Waals surface area (Å²) in [5.41, 5.74) is 1.67. The average Bonchev–Trinajstić information content (AvgIpc) is 3.08. The number of amides is 1. The molecule has 8 nitrogen and oxygen atoms in total. The quantitative estimate of drug-likeness (QED) is 0.499. The van der Waals surface area contributed by atoms with Crippen LogP contribution in [-0.4, -0.2) is 45.1 Å². The van der Waals surface area contributed by atoms with Gasteiger partial charge in [0, 0.05) is 30.8 Å². The van der Waals surface area contributed by atoms with E-state index in [0.717, 1.165) is 17.4 Å². The number of ether oxygens (including phenoxy) is 1. The molecular weight excluding hydrogens is 391 g/mol. The number of carbonyl (C=O) groups excluding carboxylic acids is 2. The van der Waals surface area contributed by atoms with Crippen LogP contribution in [0.25, 0.3) is 5.78 Å². The summed E-state index contributed by atoms with van der Waals surface area (Å²) in [6, 6.07) is 0. The molecule has 0 atom stereocenters. The number of fused-ring (bicyclic) bond motifs is 1. The van der Waals surface area contributed by atoms with Crippen molar-refractivity contribution in [2.45, 2.75) is 58.5 Å². The Hall–Kier alpha value is -2.72. The first-order valence-electron chi connectivity index (χ1n) is 9.27. The fourth-order valence-corrected chi connectivity index (χ4v) is 2.92. The number of esters is 1. The van der Waals surface area contributed by atoms with Crippen LogP contribution >= 0.6 is 0 Å². The monoisotopic (exact) mass is 415 g/mol. The molecule has 0 aliphatic carbocycles. The number of nitrogens with zero attached hydrogens (tertiary/aromatic N) is 4. The Morgan fingerprint density at radius 1 is 1.10 bits per heavy atom. The molecule has 2 aromatic rings. The van der Waals surface area contributed by atoms with Crippen molar-refractivity contribution < 1.29 is 27.5 Å². The van der Waals surface area contributed by atoms with E-state index in [1.165, 1.54) is 7.11 Å². The molecule has 11 heteroatoms. The van der Waals surface area contributed by atoms with Crippen LogP contribution < -0.4 is 5.32 Å². The molecule has 0 aliphatic rings. The van der Waals surface area contributed by atoms with Crippen molar-refractivity contribution in [1.29, 1.82) is 0 Å². The number of alkyl halides is 3. The molecule has 2 aromatic heterocycles. The minimum absolute atomic E-state index is 0.118. The lowest BCUT2D eigenvalue weighted by Crippen LogP contribution is -2.25. The Morgan fingerprint density at radius 2 is 1.83 bits per heavy atom. The van der Waals surface area contributed by atoms with Crippen molar-refractivity contribution in [1.82, 2.24) is 24.9 Å². The molecule has 2 rings (SSSR count). The molecule has 160 valence electrons. The van der Waals surface area contributed by atoms with Crippen LogP contribution in [0.5, 0.6) is 0 Å². The van der Waals surface area contributed by atoms with Crippen LogP contribution in [0.1, 0.15) is 54.9 Å². The summed E-state index contributed by atoms with van der Waals surface area (Å²) in [6.45, 7) is 3.79. The summed E-state index contributed by atoms with van der Waals surface area (Å²) in [4.78, 5) is 30.5. The molecule has 0 spiro atoms. The lowest BCUT2D eigenvalue weighted by atomic mass is 10.1. The maximum Gasteiger partial charge on any atom is 0.453 e. The molecule has 0 unspecified atom stereocenters. The summed E-state index contributed by atoms with van der Waals surface area (Å²) >= 11 is 0. The first-order valence-corrected chi connectivity index (χ1v) is 9.27. The number of nitrogens with one attached hydrogen (secondary N) is 1. The normalized spacial score (nSPS) is 11.7. The molecule has 0 saturated heterocycles. The zero-order valence-electron chi connectivity index (χ0n) is 16.6. The minimum Gasteiger partial charge on any atom is -0.469 e. The zero-order chi connectivity index (χ0) is 21.6. The predicted molar refractivity (Wildman–Crippen MR) is 97.1 cm³/mol. The minimum atomic E-state index is -4.65. The van der Waals surface area contributed by atoms with E-state index in [9.17, 15) is 22.8 Å². The molecule has 0 radical (unpaired) electrons. The molecule has 0 fully saturated rings. The van der Waals surface area contributed by atoms with Gasteiger partial charge in [-0.15, -0.1) is 5.10 Å². The summed E-state index contributed by atoms with van der Waals surface area (Å²) in [7, 11) is 1.34. The van der Waals surface area contributed by atoms with Crippen molar-refractivity contribution in [3.8, 4) is 0 Å². The van der Waals surface area contributed by atoms with Gasteiger partial charge in [0.05, 0.1) is 7.11 Å². The van der Waals surface area contributed by atoms with Crippen LogP contribution in [0.2, 0.25) is 0 Å². The largest absolute Gasteiger partial charge is 0.469 e. The second kappa shape index (κ2) is 9.66. The second-order valence-corrected chi connectivity index (χ2v) is 6.64. The van der Waals surface area contributed by atoms with Crippen molar-refractivity contribution >= 4 is 17.7 Å². The zero-order valence-corrected chi connectivity index (χ0v) is 16.6. The smallest absolute Gasteiger partial charge is 0.453 e. The Kier molecular flexibility index (Phi) is 7.52.